The van der Waals surface area contributed by atoms with Crippen LogP contribution < -0.4 is 10.2 Å². The molecule has 0 saturated carbocycles. The zero-order chi connectivity index (χ0) is 20.6. The lowest BCUT2D eigenvalue weighted by Gasteiger charge is -2.09. The molecule has 0 aliphatic carbocycles. The van der Waals surface area contributed by atoms with Crippen LogP contribution in [0, 0.1) is 11.3 Å². The van der Waals surface area contributed by atoms with Gasteiger partial charge < -0.3 is 4.74 Å². The van der Waals surface area contributed by atoms with E-state index in [9.17, 15) is 4.79 Å². The molecule has 7 heteroatoms. The Morgan fingerprint density at radius 1 is 1.03 bits per heavy atom. The van der Waals surface area contributed by atoms with Crippen LogP contribution in [0.25, 0.3) is 0 Å². The van der Waals surface area contributed by atoms with Crippen molar-refractivity contribution in [3.63, 3.8) is 0 Å². The Bertz CT molecular complexity index is 1050. The first kappa shape index (κ1) is 20.4. The molecule has 5 nitrogen and oxygen atoms in total. The fraction of sp³-hybridized carbons (Fsp3) is 0.0455. The largest absolute Gasteiger partial charge is 0.489 e. The number of rotatable bonds is 6. The molecule has 144 valence electrons. The maximum absolute atomic E-state index is 12.0. The Labute approximate surface area is 178 Å². The van der Waals surface area contributed by atoms with Crippen LogP contribution in [0.4, 0.5) is 0 Å². The Kier molecular flexibility index (Phi) is 6.85. The van der Waals surface area contributed by atoms with E-state index in [0.717, 1.165) is 11.1 Å². The van der Waals surface area contributed by atoms with E-state index in [1.165, 1.54) is 6.21 Å². The van der Waals surface area contributed by atoms with Crippen LogP contribution in [0.3, 0.4) is 0 Å². The van der Waals surface area contributed by atoms with E-state index in [-0.39, 0.29) is 12.5 Å². The quantitative estimate of drug-likeness (QED) is 0.436. The molecule has 0 bridgehead atoms. The normalized spacial score (nSPS) is 10.5. The van der Waals surface area contributed by atoms with Crippen LogP contribution in [0.2, 0.25) is 10.0 Å². The second-order valence-electron chi connectivity index (χ2n) is 5.95. The lowest BCUT2D eigenvalue weighted by molar-refractivity contribution is 0.0955. The minimum Gasteiger partial charge on any atom is -0.489 e. The van der Waals surface area contributed by atoms with Gasteiger partial charge in [-0.1, -0.05) is 29.3 Å². The summed E-state index contributed by atoms with van der Waals surface area (Å²) < 4.78 is 5.72. The summed E-state index contributed by atoms with van der Waals surface area (Å²) in [6.07, 6.45) is 1.52. The average Bonchev–Trinajstić information content (AvgIpc) is 2.74. The predicted octanol–water partition coefficient (Wildman–Crippen LogP) is 5.21. The monoisotopic (exact) mass is 423 g/mol. The van der Waals surface area contributed by atoms with Crippen molar-refractivity contribution in [2.45, 2.75) is 6.61 Å². The predicted molar refractivity (Wildman–Crippen MR) is 113 cm³/mol. The molecule has 3 aromatic carbocycles. The SMILES string of the molecule is N#Cc1ccc(C(=O)N/N=C\c2ccc(OCc3c(Cl)cccc3Cl)cc2)cc1. The number of halogens is 2. The van der Waals surface area contributed by atoms with Gasteiger partial charge in [-0.2, -0.15) is 10.4 Å². The van der Waals surface area contributed by atoms with Gasteiger partial charge in [0, 0.05) is 21.2 Å². The maximum Gasteiger partial charge on any atom is 0.271 e. The third-order valence-electron chi connectivity index (χ3n) is 3.98. The van der Waals surface area contributed by atoms with Crippen molar-refractivity contribution in [1.82, 2.24) is 5.43 Å². The number of carbonyl (C=O) groups excluding carboxylic acids is 1. The van der Waals surface area contributed by atoms with Crippen LogP contribution in [0.5, 0.6) is 5.75 Å². The summed E-state index contributed by atoms with van der Waals surface area (Å²) >= 11 is 12.3. The molecule has 3 aromatic rings. The molecule has 0 unspecified atom stereocenters. The van der Waals surface area contributed by atoms with E-state index < -0.39 is 0 Å². The maximum atomic E-state index is 12.0. The van der Waals surface area contributed by atoms with Gasteiger partial charge in [0.05, 0.1) is 17.8 Å². The van der Waals surface area contributed by atoms with Crippen molar-refractivity contribution >= 4 is 35.3 Å². The summed E-state index contributed by atoms with van der Waals surface area (Å²) in [5.41, 5.74) is 4.87. The van der Waals surface area contributed by atoms with Crippen molar-refractivity contribution in [3.05, 3.63) is 99.0 Å². The average molecular weight is 424 g/mol. The molecule has 3 rings (SSSR count). The van der Waals surface area contributed by atoms with E-state index in [4.69, 9.17) is 33.2 Å². The Hall–Kier alpha value is -3.33. The van der Waals surface area contributed by atoms with Crippen molar-refractivity contribution in [2.75, 3.05) is 0 Å². The van der Waals surface area contributed by atoms with Gasteiger partial charge in [-0.3, -0.25) is 4.79 Å². The molecular formula is C22H15Cl2N3O2. The minimum absolute atomic E-state index is 0.257. The highest BCUT2D eigenvalue weighted by Crippen LogP contribution is 2.25. The summed E-state index contributed by atoms with van der Waals surface area (Å²) in [5, 5.41) is 13.8. The Balaban J connectivity index is 1.54. The number of nitrogens with zero attached hydrogens (tertiary/aromatic N) is 2. The Morgan fingerprint density at radius 3 is 2.31 bits per heavy atom. The summed E-state index contributed by atoms with van der Waals surface area (Å²) in [6.45, 7) is 0.257. The van der Waals surface area contributed by atoms with Crippen molar-refractivity contribution in [1.29, 1.82) is 5.26 Å². The molecule has 0 aliphatic rings. The summed E-state index contributed by atoms with van der Waals surface area (Å²) in [4.78, 5) is 12.0. The summed E-state index contributed by atoms with van der Waals surface area (Å²) in [7, 11) is 0. The fourth-order valence-corrected chi connectivity index (χ4v) is 2.91. The van der Waals surface area contributed by atoms with Gasteiger partial charge >= 0.3 is 0 Å². The first-order chi connectivity index (χ1) is 14.1. The summed E-state index contributed by atoms with van der Waals surface area (Å²) in [5.74, 6) is 0.294. The number of carbonyl (C=O) groups is 1. The number of benzene rings is 3. The molecule has 0 heterocycles. The molecular weight excluding hydrogens is 409 g/mol. The number of hydrogen-bond donors (Lipinski definition) is 1. The standard InChI is InChI=1S/C22H15Cl2N3O2/c23-20-2-1-3-21(24)19(20)14-29-18-10-6-16(7-11-18)13-26-27-22(28)17-8-4-15(12-25)5-9-17/h1-11,13H,14H2,(H,27,28)/b26-13-. The fourth-order valence-electron chi connectivity index (χ4n) is 2.40. The van der Waals surface area contributed by atoms with Crippen LogP contribution in [-0.2, 0) is 6.61 Å². The topological polar surface area (TPSA) is 74.5 Å². The highest BCUT2D eigenvalue weighted by atomic mass is 35.5. The number of amides is 1. The third kappa shape index (κ3) is 5.58. The molecule has 0 spiro atoms. The van der Waals surface area contributed by atoms with Gasteiger partial charge in [0.1, 0.15) is 12.4 Å². The lowest BCUT2D eigenvalue weighted by atomic mass is 10.1. The highest BCUT2D eigenvalue weighted by molar-refractivity contribution is 6.35. The molecule has 0 fully saturated rings. The summed E-state index contributed by atoms with van der Waals surface area (Å²) in [6, 6.07) is 20.8. The molecule has 29 heavy (non-hydrogen) atoms. The van der Waals surface area contributed by atoms with Gasteiger partial charge in [-0.25, -0.2) is 5.43 Å². The van der Waals surface area contributed by atoms with Crippen LogP contribution >= 0.6 is 23.2 Å². The molecule has 1 amide bonds. The first-order valence-electron chi connectivity index (χ1n) is 8.56. The smallest absolute Gasteiger partial charge is 0.271 e. The number of nitrogens with one attached hydrogen (secondary N) is 1. The van der Waals surface area contributed by atoms with Gasteiger partial charge in [0.15, 0.2) is 0 Å². The zero-order valence-corrected chi connectivity index (χ0v) is 16.6. The van der Waals surface area contributed by atoms with Crippen LogP contribution in [0.1, 0.15) is 27.0 Å². The number of ether oxygens (including phenoxy) is 1. The first-order valence-corrected chi connectivity index (χ1v) is 9.32. The third-order valence-corrected chi connectivity index (χ3v) is 4.69. The van der Waals surface area contributed by atoms with E-state index in [2.05, 4.69) is 10.5 Å². The van der Waals surface area contributed by atoms with Crippen molar-refractivity contribution in [3.8, 4) is 11.8 Å². The molecule has 1 N–H and O–H groups in total. The molecule has 0 aliphatic heterocycles. The van der Waals surface area contributed by atoms with E-state index in [1.54, 1.807) is 66.7 Å². The molecule has 0 aromatic heterocycles. The lowest BCUT2D eigenvalue weighted by Crippen LogP contribution is -2.17. The molecule has 0 radical (unpaired) electrons. The van der Waals surface area contributed by atoms with E-state index >= 15 is 0 Å². The van der Waals surface area contributed by atoms with Crippen LogP contribution in [0.15, 0.2) is 71.8 Å². The Morgan fingerprint density at radius 2 is 1.69 bits per heavy atom. The molecule has 0 atom stereocenters. The van der Waals surface area contributed by atoms with Gasteiger partial charge in [-0.15, -0.1) is 0 Å². The van der Waals surface area contributed by atoms with E-state index in [1.807, 2.05) is 6.07 Å². The van der Waals surface area contributed by atoms with Crippen molar-refractivity contribution in [2.24, 2.45) is 5.10 Å². The van der Waals surface area contributed by atoms with Gasteiger partial charge in [-0.05, 0) is 66.2 Å². The number of nitriles is 1. The van der Waals surface area contributed by atoms with Crippen molar-refractivity contribution < 1.29 is 9.53 Å². The second kappa shape index (κ2) is 9.74. The van der Waals surface area contributed by atoms with Gasteiger partial charge in [0.25, 0.3) is 5.91 Å². The second-order valence-corrected chi connectivity index (χ2v) is 6.76. The zero-order valence-electron chi connectivity index (χ0n) is 15.1. The van der Waals surface area contributed by atoms with E-state index in [0.29, 0.717) is 26.9 Å². The van der Waals surface area contributed by atoms with Gasteiger partial charge in [0.2, 0.25) is 0 Å². The molecule has 0 saturated heterocycles. The number of hydrazone groups is 1. The van der Waals surface area contributed by atoms with Crippen LogP contribution in [-0.4, -0.2) is 12.1 Å². The minimum atomic E-state index is -0.359. The highest BCUT2D eigenvalue weighted by Gasteiger charge is 2.06. The number of hydrogen-bond acceptors (Lipinski definition) is 4.